The van der Waals surface area contributed by atoms with Crippen molar-refractivity contribution in [2.24, 2.45) is 0 Å². The molecular formula is C20H20N4O. The number of pyridine rings is 2. The summed E-state index contributed by atoms with van der Waals surface area (Å²) in [5, 5.41) is 6.11. The van der Waals surface area contributed by atoms with E-state index < -0.39 is 0 Å². The van der Waals surface area contributed by atoms with Crippen LogP contribution in [0.15, 0.2) is 67.1 Å². The van der Waals surface area contributed by atoms with Gasteiger partial charge < -0.3 is 10.6 Å². The molecule has 5 heteroatoms. The average molecular weight is 332 g/mol. The Balaban J connectivity index is 1.61. The van der Waals surface area contributed by atoms with E-state index in [-0.39, 0.29) is 5.91 Å². The molecule has 0 fully saturated rings. The van der Waals surface area contributed by atoms with Gasteiger partial charge in [0.25, 0.3) is 0 Å². The van der Waals surface area contributed by atoms with E-state index in [1.54, 1.807) is 12.4 Å². The minimum Gasteiger partial charge on any atom is -0.370 e. The molecule has 0 radical (unpaired) electrons. The van der Waals surface area contributed by atoms with Crippen LogP contribution in [-0.2, 0) is 11.2 Å². The van der Waals surface area contributed by atoms with Crippen molar-refractivity contribution in [1.82, 2.24) is 9.97 Å². The SMILES string of the molecule is CC(=O)Nc1cccc(-c2ccc(NCCc3ccncc3)nc2)c1. The van der Waals surface area contributed by atoms with Gasteiger partial charge in [-0.2, -0.15) is 0 Å². The first-order valence-corrected chi connectivity index (χ1v) is 8.17. The third kappa shape index (κ3) is 4.88. The predicted molar refractivity (Wildman–Crippen MR) is 100 cm³/mol. The first kappa shape index (κ1) is 16.6. The number of nitrogens with zero attached hydrogens (tertiary/aromatic N) is 2. The van der Waals surface area contributed by atoms with Gasteiger partial charge in [0, 0.05) is 43.3 Å². The molecule has 0 spiro atoms. The predicted octanol–water partition coefficient (Wildman–Crippen LogP) is 3.76. The highest BCUT2D eigenvalue weighted by atomic mass is 16.1. The van der Waals surface area contributed by atoms with Gasteiger partial charge in [0.1, 0.15) is 5.82 Å². The summed E-state index contributed by atoms with van der Waals surface area (Å²) < 4.78 is 0. The van der Waals surface area contributed by atoms with Crippen molar-refractivity contribution in [3.63, 3.8) is 0 Å². The fourth-order valence-electron chi connectivity index (χ4n) is 2.53. The number of aromatic nitrogens is 2. The van der Waals surface area contributed by atoms with Crippen molar-refractivity contribution in [2.45, 2.75) is 13.3 Å². The number of benzene rings is 1. The summed E-state index contributed by atoms with van der Waals surface area (Å²) in [5.74, 6) is 0.764. The van der Waals surface area contributed by atoms with Crippen LogP contribution < -0.4 is 10.6 Å². The van der Waals surface area contributed by atoms with Crippen LogP contribution in [0.4, 0.5) is 11.5 Å². The van der Waals surface area contributed by atoms with Gasteiger partial charge in [-0.1, -0.05) is 12.1 Å². The molecule has 126 valence electrons. The lowest BCUT2D eigenvalue weighted by molar-refractivity contribution is -0.114. The summed E-state index contributed by atoms with van der Waals surface area (Å²) in [5.41, 5.74) is 4.05. The number of amides is 1. The summed E-state index contributed by atoms with van der Waals surface area (Å²) in [6.07, 6.45) is 6.36. The number of carbonyl (C=O) groups is 1. The Bertz CT molecular complexity index is 832. The van der Waals surface area contributed by atoms with Gasteiger partial charge in [0.15, 0.2) is 0 Å². The number of rotatable bonds is 6. The van der Waals surface area contributed by atoms with Gasteiger partial charge in [0.05, 0.1) is 0 Å². The molecule has 2 heterocycles. The van der Waals surface area contributed by atoms with Crippen LogP contribution in [0.1, 0.15) is 12.5 Å². The largest absolute Gasteiger partial charge is 0.370 e. The first-order chi connectivity index (χ1) is 12.2. The molecule has 2 aromatic heterocycles. The Hall–Kier alpha value is -3.21. The summed E-state index contributed by atoms with van der Waals surface area (Å²) >= 11 is 0. The van der Waals surface area contributed by atoms with Crippen molar-refractivity contribution in [1.29, 1.82) is 0 Å². The van der Waals surface area contributed by atoms with Crippen LogP contribution in [-0.4, -0.2) is 22.4 Å². The van der Waals surface area contributed by atoms with E-state index in [0.29, 0.717) is 0 Å². The Morgan fingerprint density at radius 1 is 1.04 bits per heavy atom. The molecule has 1 amide bonds. The number of carbonyl (C=O) groups excluding carboxylic acids is 1. The molecule has 0 atom stereocenters. The standard InChI is InChI=1S/C20H20N4O/c1-15(25)24-19-4-2-3-17(13-19)18-5-6-20(23-14-18)22-12-9-16-7-10-21-11-8-16/h2-8,10-11,13-14H,9,12H2,1H3,(H,22,23)(H,24,25). The van der Waals surface area contributed by atoms with Crippen LogP contribution in [0.2, 0.25) is 0 Å². The van der Waals surface area contributed by atoms with Crippen LogP contribution in [0.25, 0.3) is 11.1 Å². The maximum Gasteiger partial charge on any atom is 0.221 e. The topological polar surface area (TPSA) is 66.9 Å². The van der Waals surface area contributed by atoms with Gasteiger partial charge in [-0.15, -0.1) is 0 Å². The number of anilines is 2. The molecule has 25 heavy (non-hydrogen) atoms. The Kier molecular flexibility index (Phi) is 5.36. The molecule has 0 aliphatic heterocycles. The maximum absolute atomic E-state index is 11.2. The van der Waals surface area contributed by atoms with Crippen LogP contribution in [0.3, 0.4) is 0 Å². The van der Waals surface area contributed by atoms with Gasteiger partial charge in [-0.3, -0.25) is 9.78 Å². The second-order valence-corrected chi connectivity index (χ2v) is 5.73. The van der Waals surface area contributed by atoms with Gasteiger partial charge >= 0.3 is 0 Å². The second kappa shape index (κ2) is 8.06. The lowest BCUT2D eigenvalue weighted by Gasteiger charge is -2.08. The minimum atomic E-state index is -0.0796. The molecule has 0 unspecified atom stereocenters. The summed E-state index contributed by atoms with van der Waals surface area (Å²) in [7, 11) is 0. The van der Waals surface area contributed by atoms with Crippen molar-refractivity contribution in [2.75, 3.05) is 17.2 Å². The lowest BCUT2D eigenvalue weighted by atomic mass is 10.1. The zero-order valence-electron chi connectivity index (χ0n) is 14.1. The van der Waals surface area contributed by atoms with Crippen molar-refractivity contribution in [3.8, 4) is 11.1 Å². The fourth-order valence-corrected chi connectivity index (χ4v) is 2.53. The van der Waals surface area contributed by atoms with Gasteiger partial charge in [-0.05, 0) is 53.9 Å². The zero-order valence-corrected chi connectivity index (χ0v) is 14.1. The van der Waals surface area contributed by atoms with E-state index in [1.165, 1.54) is 12.5 Å². The smallest absolute Gasteiger partial charge is 0.221 e. The minimum absolute atomic E-state index is 0.0796. The fraction of sp³-hybridized carbons (Fsp3) is 0.150. The number of hydrogen-bond acceptors (Lipinski definition) is 4. The Morgan fingerprint density at radius 3 is 2.60 bits per heavy atom. The van der Waals surface area contributed by atoms with Gasteiger partial charge in [0.2, 0.25) is 5.91 Å². The second-order valence-electron chi connectivity index (χ2n) is 5.73. The summed E-state index contributed by atoms with van der Waals surface area (Å²) in [4.78, 5) is 19.7. The Morgan fingerprint density at radius 2 is 1.88 bits per heavy atom. The van der Waals surface area contributed by atoms with E-state index in [0.717, 1.165) is 35.6 Å². The van der Waals surface area contributed by atoms with Crippen LogP contribution in [0, 0.1) is 0 Å². The quantitative estimate of drug-likeness (QED) is 0.721. The third-order valence-corrected chi connectivity index (χ3v) is 3.75. The molecule has 0 bridgehead atoms. The molecule has 1 aromatic carbocycles. The Labute approximate surface area is 147 Å². The molecule has 0 saturated carbocycles. The lowest BCUT2D eigenvalue weighted by Crippen LogP contribution is -2.06. The summed E-state index contributed by atoms with van der Waals surface area (Å²) in [6.45, 7) is 2.31. The van der Waals surface area contributed by atoms with E-state index in [1.807, 2.05) is 54.7 Å². The van der Waals surface area contributed by atoms with Crippen LogP contribution in [0.5, 0.6) is 0 Å². The molecule has 2 N–H and O–H groups in total. The third-order valence-electron chi connectivity index (χ3n) is 3.75. The monoisotopic (exact) mass is 332 g/mol. The zero-order chi connectivity index (χ0) is 17.5. The molecule has 5 nitrogen and oxygen atoms in total. The normalized spacial score (nSPS) is 10.3. The van der Waals surface area contributed by atoms with E-state index in [9.17, 15) is 4.79 Å². The van der Waals surface area contributed by atoms with E-state index in [4.69, 9.17) is 0 Å². The number of hydrogen-bond donors (Lipinski definition) is 2. The first-order valence-electron chi connectivity index (χ1n) is 8.17. The van der Waals surface area contributed by atoms with Crippen molar-refractivity contribution >= 4 is 17.4 Å². The molecule has 0 aliphatic rings. The maximum atomic E-state index is 11.2. The summed E-state index contributed by atoms with van der Waals surface area (Å²) in [6, 6.07) is 15.7. The number of nitrogens with one attached hydrogen (secondary N) is 2. The van der Waals surface area contributed by atoms with Gasteiger partial charge in [-0.25, -0.2) is 4.98 Å². The molecular weight excluding hydrogens is 312 g/mol. The highest BCUT2D eigenvalue weighted by Gasteiger charge is 2.02. The molecule has 0 saturated heterocycles. The molecule has 3 rings (SSSR count). The van der Waals surface area contributed by atoms with Crippen molar-refractivity contribution < 1.29 is 4.79 Å². The molecule has 0 aliphatic carbocycles. The van der Waals surface area contributed by atoms with Crippen LogP contribution >= 0.6 is 0 Å². The van der Waals surface area contributed by atoms with E-state index in [2.05, 4.69) is 20.6 Å². The average Bonchev–Trinajstić information content (AvgIpc) is 2.63. The highest BCUT2D eigenvalue weighted by molar-refractivity contribution is 5.89. The highest BCUT2D eigenvalue weighted by Crippen LogP contribution is 2.23. The molecule has 3 aromatic rings. The van der Waals surface area contributed by atoms with E-state index >= 15 is 0 Å². The van der Waals surface area contributed by atoms with Crippen molar-refractivity contribution in [3.05, 3.63) is 72.7 Å².